The highest BCUT2D eigenvalue weighted by Crippen LogP contribution is 2.40. The molecule has 0 radical (unpaired) electrons. The zero-order valence-electron chi connectivity index (χ0n) is 16.3. The van der Waals surface area contributed by atoms with Crippen molar-refractivity contribution in [3.63, 3.8) is 0 Å². The molecule has 1 aliphatic carbocycles. The lowest BCUT2D eigenvalue weighted by molar-refractivity contribution is 0.138. The number of hydrogen-bond acceptors (Lipinski definition) is 4. The Morgan fingerprint density at radius 2 is 1.73 bits per heavy atom. The SMILES string of the molecule is CN=C(NCCOc1ccc(OC)cc1)NCC1(CCOC)CCCC1. The Balaban J connectivity index is 1.69. The molecule has 1 saturated carbocycles. The molecule has 1 aromatic rings. The number of rotatable bonds is 10. The minimum Gasteiger partial charge on any atom is -0.497 e. The van der Waals surface area contributed by atoms with Crippen molar-refractivity contribution in [3.8, 4) is 11.5 Å². The average Bonchev–Trinajstić information content (AvgIpc) is 3.15. The number of guanidine groups is 1. The summed E-state index contributed by atoms with van der Waals surface area (Å²) in [6.07, 6.45) is 6.26. The van der Waals surface area contributed by atoms with Gasteiger partial charge in [0.1, 0.15) is 18.1 Å². The third kappa shape index (κ3) is 6.41. The zero-order chi connectivity index (χ0) is 18.7. The number of methoxy groups -OCH3 is 2. The third-order valence-electron chi connectivity index (χ3n) is 5.08. The molecule has 6 heteroatoms. The van der Waals surface area contributed by atoms with E-state index in [-0.39, 0.29) is 0 Å². The molecule has 0 amide bonds. The van der Waals surface area contributed by atoms with E-state index in [0.717, 1.165) is 37.0 Å². The van der Waals surface area contributed by atoms with Crippen LogP contribution in [0.5, 0.6) is 11.5 Å². The molecule has 2 rings (SSSR count). The van der Waals surface area contributed by atoms with Crippen LogP contribution in [0.3, 0.4) is 0 Å². The van der Waals surface area contributed by atoms with Gasteiger partial charge in [0.15, 0.2) is 5.96 Å². The van der Waals surface area contributed by atoms with E-state index in [1.54, 1.807) is 21.3 Å². The summed E-state index contributed by atoms with van der Waals surface area (Å²) in [5.74, 6) is 2.49. The summed E-state index contributed by atoms with van der Waals surface area (Å²) in [4.78, 5) is 4.32. The Labute approximate surface area is 157 Å². The number of nitrogens with zero attached hydrogens (tertiary/aromatic N) is 1. The lowest BCUT2D eigenvalue weighted by atomic mass is 9.83. The second-order valence-electron chi connectivity index (χ2n) is 6.83. The van der Waals surface area contributed by atoms with Crippen molar-refractivity contribution in [2.75, 3.05) is 47.6 Å². The van der Waals surface area contributed by atoms with E-state index in [9.17, 15) is 0 Å². The van der Waals surface area contributed by atoms with Gasteiger partial charge in [0.05, 0.1) is 13.7 Å². The quantitative estimate of drug-likeness (QED) is 0.380. The molecule has 2 N–H and O–H groups in total. The van der Waals surface area contributed by atoms with Crippen molar-refractivity contribution < 1.29 is 14.2 Å². The second-order valence-corrected chi connectivity index (χ2v) is 6.83. The van der Waals surface area contributed by atoms with Crippen LogP contribution in [0.4, 0.5) is 0 Å². The Hall–Kier alpha value is -1.95. The van der Waals surface area contributed by atoms with Crippen molar-refractivity contribution in [3.05, 3.63) is 24.3 Å². The first-order chi connectivity index (χ1) is 12.7. The number of aliphatic imine (C=N–C) groups is 1. The minimum absolute atomic E-state index is 0.341. The van der Waals surface area contributed by atoms with Crippen LogP contribution in [0, 0.1) is 5.41 Å². The van der Waals surface area contributed by atoms with Crippen LogP contribution >= 0.6 is 0 Å². The highest BCUT2D eigenvalue weighted by molar-refractivity contribution is 5.79. The predicted molar refractivity (Wildman–Crippen MR) is 105 cm³/mol. The molecule has 0 bridgehead atoms. The summed E-state index contributed by atoms with van der Waals surface area (Å²) < 4.78 is 16.2. The van der Waals surface area contributed by atoms with Gasteiger partial charge in [0.25, 0.3) is 0 Å². The van der Waals surface area contributed by atoms with E-state index in [1.165, 1.54) is 25.7 Å². The van der Waals surface area contributed by atoms with Crippen LogP contribution in [-0.4, -0.2) is 53.5 Å². The van der Waals surface area contributed by atoms with Crippen molar-refractivity contribution in [2.45, 2.75) is 32.1 Å². The van der Waals surface area contributed by atoms with Gasteiger partial charge in [0.2, 0.25) is 0 Å². The molecule has 0 aromatic heterocycles. The van der Waals surface area contributed by atoms with Gasteiger partial charge in [-0.05, 0) is 48.9 Å². The third-order valence-corrected chi connectivity index (χ3v) is 5.08. The van der Waals surface area contributed by atoms with Crippen LogP contribution in [0.1, 0.15) is 32.1 Å². The highest BCUT2D eigenvalue weighted by Gasteiger charge is 2.33. The minimum atomic E-state index is 0.341. The zero-order valence-corrected chi connectivity index (χ0v) is 16.3. The maximum absolute atomic E-state index is 5.73. The van der Waals surface area contributed by atoms with Crippen LogP contribution in [-0.2, 0) is 4.74 Å². The van der Waals surface area contributed by atoms with E-state index < -0.39 is 0 Å². The fourth-order valence-electron chi connectivity index (χ4n) is 3.46. The molecule has 26 heavy (non-hydrogen) atoms. The summed E-state index contributed by atoms with van der Waals surface area (Å²) in [6, 6.07) is 7.60. The molecule has 0 unspecified atom stereocenters. The number of nitrogens with one attached hydrogen (secondary N) is 2. The number of hydrogen-bond donors (Lipinski definition) is 2. The topological polar surface area (TPSA) is 64.1 Å². The van der Waals surface area contributed by atoms with Gasteiger partial charge in [-0.15, -0.1) is 0 Å². The Bertz CT molecular complexity index is 540. The maximum atomic E-state index is 5.73. The smallest absolute Gasteiger partial charge is 0.191 e. The van der Waals surface area contributed by atoms with Gasteiger partial charge in [-0.25, -0.2) is 0 Å². The average molecular weight is 364 g/mol. The van der Waals surface area contributed by atoms with E-state index in [4.69, 9.17) is 14.2 Å². The van der Waals surface area contributed by atoms with Crippen molar-refractivity contribution in [2.24, 2.45) is 10.4 Å². The summed E-state index contributed by atoms with van der Waals surface area (Å²) in [6.45, 7) is 3.03. The van der Waals surface area contributed by atoms with Crippen molar-refractivity contribution in [1.29, 1.82) is 0 Å². The summed E-state index contributed by atoms with van der Waals surface area (Å²) >= 11 is 0. The molecule has 0 saturated heterocycles. The highest BCUT2D eigenvalue weighted by atomic mass is 16.5. The lowest BCUT2D eigenvalue weighted by Crippen LogP contribution is -2.44. The second kappa shape index (κ2) is 10.9. The predicted octanol–water partition coefficient (Wildman–Crippen LogP) is 2.84. The van der Waals surface area contributed by atoms with Crippen LogP contribution < -0.4 is 20.1 Å². The van der Waals surface area contributed by atoms with Gasteiger partial charge >= 0.3 is 0 Å². The molecule has 0 heterocycles. The van der Waals surface area contributed by atoms with Crippen molar-refractivity contribution >= 4 is 5.96 Å². The van der Waals surface area contributed by atoms with Gasteiger partial charge in [-0.2, -0.15) is 0 Å². The van der Waals surface area contributed by atoms with E-state index in [1.807, 2.05) is 24.3 Å². The lowest BCUT2D eigenvalue weighted by Gasteiger charge is -2.29. The summed E-state index contributed by atoms with van der Waals surface area (Å²) in [7, 11) is 5.24. The summed E-state index contributed by atoms with van der Waals surface area (Å²) in [5, 5.41) is 6.80. The van der Waals surface area contributed by atoms with Crippen LogP contribution in [0.15, 0.2) is 29.3 Å². The molecular weight excluding hydrogens is 330 g/mol. The molecule has 1 aliphatic rings. The molecule has 0 atom stereocenters. The number of ether oxygens (including phenoxy) is 3. The largest absolute Gasteiger partial charge is 0.497 e. The first kappa shape index (κ1) is 20.4. The molecule has 0 aliphatic heterocycles. The standard InChI is InChI=1S/C20H33N3O3/c1-21-19(23-16-20(12-14-24-2)10-4-5-11-20)22-13-15-26-18-8-6-17(25-3)7-9-18/h6-9H,4-5,10-16H2,1-3H3,(H2,21,22,23). The molecular formula is C20H33N3O3. The molecule has 1 fully saturated rings. The molecule has 1 aromatic carbocycles. The van der Waals surface area contributed by atoms with E-state index in [0.29, 0.717) is 18.6 Å². The first-order valence-corrected chi connectivity index (χ1v) is 9.42. The Morgan fingerprint density at radius 1 is 1.04 bits per heavy atom. The first-order valence-electron chi connectivity index (χ1n) is 9.42. The summed E-state index contributed by atoms with van der Waals surface area (Å²) in [5.41, 5.74) is 0.341. The monoisotopic (exact) mass is 363 g/mol. The Morgan fingerprint density at radius 3 is 2.35 bits per heavy atom. The Kier molecular flexibility index (Phi) is 8.54. The maximum Gasteiger partial charge on any atom is 0.191 e. The van der Waals surface area contributed by atoms with E-state index in [2.05, 4.69) is 15.6 Å². The van der Waals surface area contributed by atoms with Gasteiger partial charge in [-0.1, -0.05) is 12.8 Å². The van der Waals surface area contributed by atoms with Crippen molar-refractivity contribution in [1.82, 2.24) is 10.6 Å². The molecule has 0 spiro atoms. The molecule has 6 nitrogen and oxygen atoms in total. The fraction of sp³-hybridized carbons (Fsp3) is 0.650. The fourth-order valence-corrected chi connectivity index (χ4v) is 3.46. The van der Waals surface area contributed by atoms with Gasteiger partial charge < -0.3 is 24.8 Å². The molecule has 146 valence electrons. The normalized spacial score (nSPS) is 16.3. The van der Waals surface area contributed by atoms with Gasteiger partial charge in [0, 0.05) is 27.3 Å². The number of benzene rings is 1. The van der Waals surface area contributed by atoms with Crippen LogP contribution in [0.2, 0.25) is 0 Å². The van der Waals surface area contributed by atoms with E-state index >= 15 is 0 Å². The van der Waals surface area contributed by atoms with Gasteiger partial charge in [-0.3, -0.25) is 4.99 Å². The van der Waals surface area contributed by atoms with Crippen LogP contribution in [0.25, 0.3) is 0 Å².